The number of fused-ring (bicyclic) bond motifs is 1. The molecular weight excluding hydrogens is 358 g/mol. The highest BCUT2D eigenvalue weighted by molar-refractivity contribution is 5.91. The summed E-state index contributed by atoms with van der Waals surface area (Å²) in [4.78, 5) is 14.1. The van der Waals surface area contributed by atoms with Crippen molar-refractivity contribution in [3.8, 4) is 11.3 Å². The van der Waals surface area contributed by atoms with Gasteiger partial charge in [-0.2, -0.15) is 0 Å². The number of aryl methyl sites for hydroxylation is 1. The van der Waals surface area contributed by atoms with Crippen molar-refractivity contribution in [3.05, 3.63) is 53.0 Å². The Balaban J connectivity index is 1.48. The number of aromatic nitrogens is 2. The molecule has 0 saturated heterocycles. The van der Waals surface area contributed by atoms with Gasteiger partial charge in [-0.25, -0.2) is 8.78 Å². The smallest absolute Gasteiger partial charge is 0.239 e. The molecule has 0 saturated carbocycles. The Bertz CT molecular complexity index is 998. The molecule has 1 N–H and O–H groups in total. The third-order valence-corrected chi connectivity index (χ3v) is 4.36. The number of carbonyl (C=O) groups is 1. The van der Waals surface area contributed by atoms with Crippen molar-refractivity contribution in [1.82, 2.24) is 15.2 Å². The van der Waals surface area contributed by atoms with Crippen LogP contribution in [-0.4, -0.2) is 34.2 Å². The Morgan fingerprint density at radius 3 is 2.81 bits per heavy atom. The molecule has 0 bridgehead atoms. The highest BCUT2D eigenvalue weighted by atomic mass is 19.2. The number of rotatable bonds is 4. The fraction of sp³-hybridized carbons (Fsp3) is 0.278. The maximum absolute atomic E-state index is 13.6. The molecule has 4 rings (SSSR count). The largest absolute Gasteiger partial charge is 0.360 e. The maximum atomic E-state index is 13.6. The topological polar surface area (TPSA) is 84.4 Å². The van der Waals surface area contributed by atoms with Gasteiger partial charge in [0.25, 0.3) is 0 Å². The number of carbonyl (C=O) groups excluding carboxylic acids is 1. The van der Waals surface area contributed by atoms with Crippen molar-refractivity contribution in [2.45, 2.75) is 19.9 Å². The van der Waals surface area contributed by atoms with E-state index < -0.39 is 11.6 Å². The zero-order valence-electron chi connectivity index (χ0n) is 14.5. The first-order valence-corrected chi connectivity index (χ1v) is 8.38. The van der Waals surface area contributed by atoms with Gasteiger partial charge in [-0.3, -0.25) is 9.69 Å². The van der Waals surface area contributed by atoms with Crippen LogP contribution in [0.5, 0.6) is 0 Å². The van der Waals surface area contributed by atoms with Gasteiger partial charge in [0, 0.05) is 36.7 Å². The van der Waals surface area contributed by atoms with Gasteiger partial charge in [0.15, 0.2) is 17.5 Å². The molecule has 1 aliphatic rings. The van der Waals surface area contributed by atoms with Gasteiger partial charge < -0.3 is 14.4 Å². The summed E-state index contributed by atoms with van der Waals surface area (Å²) in [6.45, 7) is 2.91. The van der Waals surface area contributed by atoms with Crippen LogP contribution in [0.3, 0.4) is 0 Å². The maximum Gasteiger partial charge on any atom is 0.239 e. The number of nitrogens with one attached hydrogen (secondary N) is 1. The van der Waals surface area contributed by atoms with Gasteiger partial charge in [0.05, 0.1) is 6.54 Å². The highest BCUT2D eigenvalue weighted by Gasteiger charge is 2.26. The molecule has 0 unspecified atom stereocenters. The Morgan fingerprint density at radius 2 is 2.07 bits per heavy atom. The molecule has 3 aromatic rings. The number of benzene rings is 1. The van der Waals surface area contributed by atoms with Crippen molar-refractivity contribution in [1.29, 1.82) is 0 Å². The lowest BCUT2D eigenvalue weighted by molar-refractivity contribution is -0.117. The van der Waals surface area contributed by atoms with Gasteiger partial charge in [-0.15, -0.1) is 0 Å². The lowest BCUT2D eigenvalue weighted by Crippen LogP contribution is -2.37. The molecule has 0 fully saturated rings. The minimum atomic E-state index is -0.945. The second-order valence-electron chi connectivity index (χ2n) is 6.39. The van der Waals surface area contributed by atoms with E-state index >= 15 is 0 Å². The highest BCUT2D eigenvalue weighted by Crippen LogP contribution is 2.30. The molecule has 1 aromatic carbocycles. The SMILES string of the molecule is Cc1cc(NC(=O)CN2CCc3onc(-c4ccc(F)c(F)c4)c3C2)no1. The van der Waals surface area contributed by atoms with Crippen LogP contribution in [0.4, 0.5) is 14.6 Å². The number of halogens is 2. The molecular formula is C18H16F2N4O3. The van der Waals surface area contributed by atoms with Crippen LogP contribution in [0.15, 0.2) is 33.3 Å². The Labute approximate surface area is 152 Å². The number of nitrogens with zero attached hydrogens (tertiary/aromatic N) is 3. The van der Waals surface area contributed by atoms with Crippen LogP contribution in [0.1, 0.15) is 17.1 Å². The summed E-state index contributed by atoms with van der Waals surface area (Å²) in [5, 5.41) is 10.4. The number of hydrogen-bond donors (Lipinski definition) is 1. The van der Waals surface area contributed by atoms with Crippen molar-refractivity contribution >= 4 is 11.7 Å². The third-order valence-electron chi connectivity index (χ3n) is 4.36. The number of amides is 1. The van der Waals surface area contributed by atoms with Crippen LogP contribution in [0.25, 0.3) is 11.3 Å². The molecule has 140 valence electrons. The first-order valence-electron chi connectivity index (χ1n) is 8.38. The fourth-order valence-electron chi connectivity index (χ4n) is 3.08. The average molecular weight is 374 g/mol. The molecule has 2 aromatic heterocycles. The summed E-state index contributed by atoms with van der Waals surface area (Å²) in [6, 6.07) is 5.23. The second kappa shape index (κ2) is 6.92. The Morgan fingerprint density at radius 1 is 1.22 bits per heavy atom. The quantitative estimate of drug-likeness (QED) is 0.756. The molecule has 1 aliphatic heterocycles. The van der Waals surface area contributed by atoms with Crippen LogP contribution in [0.2, 0.25) is 0 Å². The summed E-state index contributed by atoms with van der Waals surface area (Å²) < 4.78 is 37.0. The predicted molar refractivity (Wildman–Crippen MR) is 90.7 cm³/mol. The van der Waals surface area contributed by atoms with Gasteiger partial charge in [-0.05, 0) is 25.1 Å². The molecule has 0 atom stereocenters. The molecule has 27 heavy (non-hydrogen) atoms. The third kappa shape index (κ3) is 3.59. The van der Waals surface area contributed by atoms with Crippen molar-refractivity contribution in [2.75, 3.05) is 18.4 Å². The van der Waals surface area contributed by atoms with Gasteiger partial charge in [0.2, 0.25) is 5.91 Å². The number of hydrogen-bond acceptors (Lipinski definition) is 6. The minimum absolute atomic E-state index is 0.147. The van der Waals surface area contributed by atoms with E-state index in [1.165, 1.54) is 6.07 Å². The lowest BCUT2D eigenvalue weighted by atomic mass is 10.0. The lowest BCUT2D eigenvalue weighted by Gasteiger charge is -2.25. The summed E-state index contributed by atoms with van der Waals surface area (Å²) >= 11 is 0. The zero-order valence-corrected chi connectivity index (χ0v) is 14.5. The van der Waals surface area contributed by atoms with Crippen molar-refractivity contribution < 1.29 is 22.6 Å². The van der Waals surface area contributed by atoms with E-state index in [-0.39, 0.29) is 12.5 Å². The summed E-state index contributed by atoms with van der Waals surface area (Å²) in [5.74, 6) is -0.427. The molecule has 7 nitrogen and oxygen atoms in total. The minimum Gasteiger partial charge on any atom is -0.360 e. The number of anilines is 1. The Hall–Kier alpha value is -3.07. The fourth-order valence-corrected chi connectivity index (χ4v) is 3.08. The van der Waals surface area contributed by atoms with E-state index in [1.54, 1.807) is 13.0 Å². The van der Waals surface area contributed by atoms with Crippen LogP contribution in [-0.2, 0) is 17.8 Å². The zero-order chi connectivity index (χ0) is 19.0. The van der Waals surface area contributed by atoms with Crippen molar-refractivity contribution in [3.63, 3.8) is 0 Å². The van der Waals surface area contributed by atoms with Gasteiger partial charge >= 0.3 is 0 Å². The van der Waals surface area contributed by atoms with E-state index in [0.717, 1.165) is 17.7 Å². The molecule has 1 amide bonds. The summed E-state index contributed by atoms with van der Waals surface area (Å²) in [5.41, 5.74) is 1.67. The Kier molecular flexibility index (Phi) is 4.44. The van der Waals surface area contributed by atoms with E-state index in [0.29, 0.717) is 48.1 Å². The molecule has 3 heterocycles. The second-order valence-corrected chi connectivity index (χ2v) is 6.39. The molecule has 0 aliphatic carbocycles. The first-order chi connectivity index (χ1) is 13.0. The first kappa shape index (κ1) is 17.3. The van der Waals surface area contributed by atoms with Gasteiger partial charge in [-0.1, -0.05) is 10.3 Å². The average Bonchev–Trinajstić information content (AvgIpc) is 3.23. The summed E-state index contributed by atoms with van der Waals surface area (Å²) in [7, 11) is 0. The van der Waals surface area contributed by atoms with Gasteiger partial charge in [0.1, 0.15) is 17.2 Å². The van der Waals surface area contributed by atoms with Crippen LogP contribution in [0, 0.1) is 18.6 Å². The van der Waals surface area contributed by atoms with Crippen LogP contribution >= 0.6 is 0 Å². The van der Waals surface area contributed by atoms with Crippen molar-refractivity contribution in [2.24, 2.45) is 0 Å². The van der Waals surface area contributed by atoms with Crippen LogP contribution < -0.4 is 5.32 Å². The van der Waals surface area contributed by atoms with E-state index in [1.807, 2.05) is 4.90 Å². The predicted octanol–water partition coefficient (Wildman–Crippen LogP) is 2.91. The van der Waals surface area contributed by atoms with E-state index in [2.05, 4.69) is 15.6 Å². The monoisotopic (exact) mass is 374 g/mol. The standard InChI is InChI=1S/C18H16F2N4O3/c1-10-6-16(22-26-10)21-17(25)9-24-5-4-15-12(8-24)18(23-27-15)11-2-3-13(19)14(20)7-11/h2-3,6-7H,4-5,8-9H2,1H3,(H,21,22,25). The summed E-state index contributed by atoms with van der Waals surface area (Å²) in [6.07, 6.45) is 0.572. The normalized spacial score (nSPS) is 14.2. The molecule has 0 spiro atoms. The molecule has 9 heteroatoms. The van der Waals surface area contributed by atoms with E-state index in [9.17, 15) is 13.6 Å². The molecule has 0 radical (unpaired) electrons. The van der Waals surface area contributed by atoms with E-state index in [4.69, 9.17) is 9.05 Å².